The Labute approximate surface area is 148 Å². The molecule has 0 fully saturated rings. The maximum Gasteiger partial charge on any atom is 0.339 e. The highest BCUT2D eigenvalue weighted by molar-refractivity contribution is 6.05. The number of aryl methyl sites for hydroxylation is 1. The van der Waals surface area contributed by atoms with Gasteiger partial charge in [-0.05, 0) is 49.1 Å². The SMILES string of the molecule is CC(=O)COC(=O)c1c2c(nc3ccccc13)CCC(C(C)(C)C)C2. The molecule has 3 rings (SSSR count). The Hall–Kier alpha value is -2.23. The topological polar surface area (TPSA) is 56.3 Å². The van der Waals surface area contributed by atoms with Crippen LogP contribution in [0.3, 0.4) is 0 Å². The second-order valence-corrected chi connectivity index (χ2v) is 8.01. The second-order valence-electron chi connectivity index (χ2n) is 8.01. The third kappa shape index (κ3) is 3.58. The predicted octanol–water partition coefficient (Wildman–Crippen LogP) is 4.13. The first kappa shape index (κ1) is 17.6. The molecule has 132 valence electrons. The maximum absolute atomic E-state index is 12.8. The van der Waals surface area contributed by atoms with Gasteiger partial charge in [-0.25, -0.2) is 4.79 Å². The molecular formula is C21H25NO3. The summed E-state index contributed by atoms with van der Waals surface area (Å²) in [4.78, 5) is 28.8. The van der Waals surface area contributed by atoms with Gasteiger partial charge >= 0.3 is 5.97 Å². The molecule has 1 aromatic carbocycles. The van der Waals surface area contributed by atoms with E-state index in [2.05, 4.69) is 20.8 Å². The van der Waals surface area contributed by atoms with Gasteiger partial charge in [-0.3, -0.25) is 9.78 Å². The average Bonchev–Trinajstić information content (AvgIpc) is 2.56. The van der Waals surface area contributed by atoms with Crippen molar-refractivity contribution in [3.63, 3.8) is 0 Å². The summed E-state index contributed by atoms with van der Waals surface area (Å²) >= 11 is 0. The summed E-state index contributed by atoms with van der Waals surface area (Å²) in [6.45, 7) is 7.95. The largest absolute Gasteiger partial charge is 0.454 e. The lowest BCUT2D eigenvalue weighted by molar-refractivity contribution is -0.120. The number of ether oxygens (including phenoxy) is 1. The molecule has 1 atom stereocenters. The molecule has 1 unspecified atom stereocenters. The van der Waals surface area contributed by atoms with Gasteiger partial charge in [0, 0.05) is 11.1 Å². The van der Waals surface area contributed by atoms with Crippen LogP contribution in [-0.2, 0) is 22.4 Å². The Bertz CT molecular complexity index is 833. The van der Waals surface area contributed by atoms with Crippen molar-refractivity contribution in [3.8, 4) is 0 Å². The summed E-state index contributed by atoms with van der Waals surface area (Å²) < 4.78 is 5.27. The van der Waals surface area contributed by atoms with Crippen molar-refractivity contribution < 1.29 is 14.3 Å². The summed E-state index contributed by atoms with van der Waals surface area (Å²) in [5.74, 6) is -0.0879. The van der Waals surface area contributed by atoms with E-state index >= 15 is 0 Å². The number of aromatic nitrogens is 1. The summed E-state index contributed by atoms with van der Waals surface area (Å²) in [5, 5.41) is 0.810. The highest BCUT2D eigenvalue weighted by atomic mass is 16.5. The molecule has 4 nitrogen and oxygen atoms in total. The van der Waals surface area contributed by atoms with Gasteiger partial charge in [-0.1, -0.05) is 39.0 Å². The molecule has 0 aliphatic heterocycles. The molecule has 2 aromatic rings. The zero-order chi connectivity index (χ0) is 18.2. The van der Waals surface area contributed by atoms with Gasteiger partial charge in [0.2, 0.25) is 0 Å². The molecule has 0 saturated carbocycles. The zero-order valence-electron chi connectivity index (χ0n) is 15.4. The van der Waals surface area contributed by atoms with Gasteiger partial charge in [0.15, 0.2) is 5.78 Å². The minimum Gasteiger partial charge on any atom is -0.454 e. The van der Waals surface area contributed by atoms with Crippen LogP contribution in [0.2, 0.25) is 0 Å². The van der Waals surface area contributed by atoms with Gasteiger partial charge in [-0.2, -0.15) is 0 Å². The molecule has 1 aliphatic rings. The second kappa shape index (κ2) is 6.58. The third-order valence-corrected chi connectivity index (χ3v) is 5.09. The maximum atomic E-state index is 12.8. The number of carbonyl (C=O) groups is 2. The van der Waals surface area contributed by atoms with Crippen molar-refractivity contribution in [2.75, 3.05) is 6.61 Å². The number of Topliss-reactive ketones (excluding diaryl/α,β-unsaturated/α-hetero) is 1. The zero-order valence-corrected chi connectivity index (χ0v) is 15.4. The number of benzene rings is 1. The molecule has 1 heterocycles. The predicted molar refractivity (Wildman–Crippen MR) is 97.7 cm³/mol. The summed E-state index contributed by atoms with van der Waals surface area (Å²) in [6, 6.07) is 7.66. The number of nitrogens with zero attached hydrogens (tertiary/aromatic N) is 1. The molecule has 4 heteroatoms. The van der Waals surface area contributed by atoms with Crippen LogP contribution in [0.25, 0.3) is 10.9 Å². The van der Waals surface area contributed by atoms with E-state index in [1.807, 2.05) is 24.3 Å². The van der Waals surface area contributed by atoms with Crippen LogP contribution in [0.15, 0.2) is 24.3 Å². The van der Waals surface area contributed by atoms with Crippen molar-refractivity contribution >= 4 is 22.7 Å². The van der Waals surface area contributed by atoms with Crippen LogP contribution in [-0.4, -0.2) is 23.3 Å². The first-order valence-electron chi connectivity index (χ1n) is 8.84. The first-order chi connectivity index (χ1) is 11.8. The minimum absolute atomic E-state index is 0.159. The van der Waals surface area contributed by atoms with Crippen LogP contribution in [0.4, 0.5) is 0 Å². The van der Waals surface area contributed by atoms with E-state index in [0.29, 0.717) is 11.5 Å². The number of hydrogen-bond donors (Lipinski definition) is 0. The molecule has 0 saturated heterocycles. The Kier molecular flexibility index (Phi) is 4.63. The van der Waals surface area contributed by atoms with E-state index in [4.69, 9.17) is 9.72 Å². The van der Waals surface area contributed by atoms with Crippen LogP contribution in [0.1, 0.15) is 55.7 Å². The minimum atomic E-state index is -0.417. The molecule has 1 aromatic heterocycles. The Morgan fingerprint density at radius 1 is 1.24 bits per heavy atom. The quantitative estimate of drug-likeness (QED) is 0.789. The molecular weight excluding hydrogens is 314 g/mol. The van der Waals surface area contributed by atoms with E-state index in [9.17, 15) is 9.59 Å². The average molecular weight is 339 g/mol. The monoisotopic (exact) mass is 339 g/mol. The van der Waals surface area contributed by atoms with E-state index in [0.717, 1.165) is 41.4 Å². The number of pyridine rings is 1. The molecule has 0 spiro atoms. The Morgan fingerprint density at radius 3 is 2.64 bits per heavy atom. The lowest BCUT2D eigenvalue weighted by Gasteiger charge is -2.35. The lowest BCUT2D eigenvalue weighted by atomic mass is 9.70. The Morgan fingerprint density at radius 2 is 1.96 bits per heavy atom. The van der Waals surface area contributed by atoms with Gasteiger partial charge in [-0.15, -0.1) is 0 Å². The smallest absolute Gasteiger partial charge is 0.339 e. The molecule has 0 bridgehead atoms. The summed E-state index contributed by atoms with van der Waals surface area (Å²) in [6.07, 6.45) is 2.76. The molecule has 25 heavy (non-hydrogen) atoms. The van der Waals surface area contributed by atoms with Gasteiger partial charge in [0.1, 0.15) is 6.61 Å². The van der Waals surface area contributed by atoms with Gasteiger partial charge < -0.3 is 4.74 Å². The van der Waals surface area contributed by atoms with Crippen LogP contribution < -0.4 is 0 Å². The highest BCUT2D eigenvalue weighted by Crippen LogP contribution is 2.39. The van der Waals surface area contributed by atoms with Crippen LogP contribution >= 0.6 is 0 Å². The number of hydrogen-bond acceptors (Lipinski definition) is 4. The van der Waals surface area contributed by atoms with Crippen molar-refractivity contribution in [2.45, 2.75) is 47.0 Å². The third-order valence-electron chi connectivity index (χ3n) is 5.09. The molecule has 0 radical (unpaired) electrons. The molecule has 0 amide bonds. The fourth-order valence-corrected chi connectivity index (χ4v) is 3.60. The van der Waals surface area contributed by atoms with E-state index < -0.39 is 5.97 Å². The molecule has 1 aliphatic carbocycles. The number of carbonyl (C=O) groups excluding carboxylic acids is 2. The standard InChI is InChI=1S/C21H25NO3/c1-13(23)12-25-20(24)19-15-7-5-6-8-17(15)22-18-10-9-14(11-16(18)19)21(2,3)4/h5-8,14H,9-12H2,1-4H3. The van der Waals surface area contributed by atoms with Gasteiger partial charge in [0.25, 0.3) is 0 Å². The van der Waals surface area contributed by atoms with Crippen molar-refractivity contribution in [2.24, 2.45) is 11.3 Å². The molecule has 0 N–H and O–H groups in total. The van der Waals surface area contributed by atoms with Crippen molar-refractivity contribution in [1.82, 2.24) is 4.98 Å². The first-order valence-corrected chi connectivity index (χ1v) is 8.84. The number of esters is 1. The summed E-state index contributed by atoms with van der Waals surface area (Å²) in [7, 11) is 0. The normalized spacial score (nSPS) is 17.2. The van der Waals surface area contributed by atoms with Crippen LogP contribution in [0.5, 0.6) is 0 Å². The van der Waals surface area contributed by atoms with E-state index in [1.165, 1.54) is 6.92 Å². The van der Waals surface area contributed by atoms with Crippen LogP contribution in [0, 0.1) is 11.3 Å². The van der Waals surface area contributed by atoms with E-state index in [1.54, 1.807) is 0 Å². The number of ketones is 1. The number of para-hydroxylation sites is 1. The van der Waals surface area contributed by atoms with Gasteiger partial charge in [0.05, 0.1) is 11.1 Å². The number of rotatable bonds is 3. The van der Waals surface area contributed by atoms with Crippen molar-refractivity contribution in [1.29, 1.82) is 0 Å². The fraction of sp³-hybridized carbons (Fsp3) is 0.476. The van der Waals surface area contributed by atoms with E-state index in [-0.39, 0.29) is 17.8 Å². The summed E-state index contributed by atoms with van der Waals surface area (Å²) in [5.41, 5.74) is 3.57. The fourth-order valence-electron chi connectivity index (χ4n) is 3.60. The lowest BCUT2D eigenvalue weighted by Crippen LogP contribution is -2.29. The Balaban J connectivity index is 2.12. The van der Waals surface area contributed by atoms with Crippen molar-refractivity contribution in [3.05, 3.63) is 41.1 Å². The number of fused-ring (bicyclic) bond motifs is 2. The highest BCUT2D eigenvalue weighted by Gasteiger charge is 2.33.